The molecule has 0 spiro atoms. The number of rotatable bonds is 5. The SMILES string of the molecule is CCCNC(=O)c1nc(-c2cccc(C)c2)n(-c2cccc(Cl)c2C)n1. The van der Waals surface area contributed by atoms with Crippen molar-refractivity contribution in [3.05, 3.63) is 64.4 Å². The molecule has 26 heavy (non-hydrogen) atoms. The Bertz CT molecular complexity index is 949. The fourth-order valence-electron chi connectivity index (χ4n) is 2.69. The number of carbonyl (C=O) groups is 1. The van der Waals surface area contributed by atoms with Crippen molar-refractivity contribution in [1.82, 2.24) is 20.1 Å². The summed E-state index contributed by atoms with van der Waals surface area (Å²) in [5.74, 6) is 0.481. The van der Waals surface area contributed by atoms with E-state index in [1.807, 2.05) is 63.2 Å². The molecule has 0 unspecified atom stereocenters. The number of halogens is 1. The molecule has 0 saturated carbocycles. The first-order valence-corrected chi connectivity index (χ1v) is 8.97. The van der Waals surface area contributed by atoms with Gasteiger partial charge in [0.15, 0.2) is 5.82 Å². The highest BCUT2D eigenvalue weighted by Crippen LogP contribution is 2.27. The van der Waals surface area contributed by atoms with E-state index in [0.29, 0.717) is 17.4 Å². The first kappa shape index (κ1) is 18.1. The van der Waals surface area contributed by atoms with Gasteiger partial charge in [-0.15, -0.1) is 5.10 Å². The molecule has 0 radical (unpaired) electrons. The number of aryl methyl sites for hydroxylation is 1. The van der Waals surface area contributed by atoms with Gasteiger partial charge in [-0.1, -0.05) is 48.4 Å². The Balaban J connectivity index is 2.16. The Kier molecular flexibility index (Phi) is 5.38. The van der Waals surface area contributed by atoms with E-state index in [1.54, 1.807) is 4.68 Å². The Morgan fingerprint density at radius 2 is 1.96 bits per heavy atom. The summed E-state index contributed by atoms with van der Waals surface area (Å²) in [7, 11) is 0. The van der Waals surface area contributed by atoms with Crippen LogP contribution in [0.15, 0.2) is 42.5 Å². The predicted molar refractivity (Wildman–Crippen MR) is 104 cm³/mol. The number of hydrogen-bond donors (Lipinski definition) is 1. The maximum atomic E-state index is 12.4. The summed E-state index contributed by atoms with van der Waals surface area (Å²) in [6.45, 7) is 6.53. The first-order valence-electron chi connectivity index (χ1n) is 8.59. The van der Waals surface area contributed by atoms with Crippen molar-refractivity contribution >= 4 is 17.5 Å². The van der Waals surface area contributed by atoms with E-state index in [4.69, 9.17) is 11.6 Å². The van der Waals surface area contributed by atoms with Gasteiger partial charge in [-0.05, 0) is 44.0 Å². The van der Waals surface area contributed by atoms with Crippen molar-refractivity contribution in [1.29, 1.82) is 0 Å². The van der Waals surface area contributed by atoms with Gasteiger partial charge in [-0.25, -0.2) is 9.67 Å². The van der Waals surface area contributed by atoms with E-state index < -0.39 is 0 Å². The average Bonchev–Trinajstić information content (AvgIpc) is 3.07. The Morgan fingerprint density at radius 1 is 1.19 bits per heavy atom. The van der Waals surface area contributed by atoms with Gasteiger partial charge >= 0.3 is 0 Å². The number of carbonyl (C=O) groups excluding carboxylic acids is 1. The smallest absolute Gasteiger partial charge is 0.290 e. The van der Waals surface area contributed by atoms with E-state index >= 15 is 0 Å². The quantitative estimate of drug-likeness (QED) is 0.728. The Morgan fingerprint density at radius 3 is 2.69 bits per heavy atom. The highest BCUT2D eigenvalue weighted by Gasteiger charge is 2.20. The van der Waals surface area contributed by atoms with Gasteiger partial charge in [0.05, 0.1) is 5.69 Å². The summed E-state index contributed by atoms with van der Waals surface area (Å²) in [4.78, 5) is 16.9. The number of benzene rings is 2. The van der Waals surface area contributed by atoms with Crippen LogP contribution in [0, 0.1) is 13.8 Å². The maximum absolute atomic E-state index is 12.4. The van der Waals surface area contributed by atoms with Crippen LogP contribution in [0.1, 0.15) is 35.1 Å². The summed E-state index contributed by atoms with van der Waals surface area (Å²) in [6, 6.07) is 13.6. The van der Waals surface area contributed by atoms with Crippen LogP contribution in [0.3, 0.4) is 0 Å². The van der Waals surface area contributed by atoms with Crippen molar-refractivity contribution < 1.29 is 4.79 Å². The van der Waals surface area contributed by atoms with Gasteiger partial charge in [0.2, 0.25) is 5.82 Å². The number of aromatic nitrogens is 3. The zero-order valence-corrected chi connectivity index (χ0v) is 15.8. The lowest BCUT2D eigenvalue weighted by Crippen LogP contribution is -2.25. The third-order valence-electron chi connectivity index (χ3n) is 4.09. The third-order valence-corrected chi connectivity index (χ3v) is 4.50. The second-order valence-electron chi connectivity index (χ2n) is 6.18. The predicted octanol–water partition coefficient (Wildman–Crippen LogP) is 4.34. The van der Waals surface area contributed by atoms with Crippen LogP contribution in [-0.2, 0) is 0 Å². The van der Waals surface area contributed by atoms with Crippen LogP contribution in [-0.4, -0.2) is 27.2 Å². The minimum atomic E-state index is -0.279. The van der Waals surface area contributed by atoms with Crippen LogP contribution in [0.2, 0.25) is 5.02 Å². The molecule has 0 bridgehead atoms. The van der Waals surface area contributed by atoms with Crippen molar-refractivity contribution in [3.63, 3.8) is 0 Å². The van der Waals surface area contributed by atoms with E-state index in [-0.39, 0.29) is 11.7 Å². The van der Waals surface area contributed by atoms with Gasteiger partial charge in [0.1, 0.15) is 0 Å². The maximum Gasteiger partial charge on any atom is 0.290 e. The highest BCUT2D eigenvalue weighted by molar-refractivity contribution is 6.31. The minimum absolute atomic E-state index is 0.148. The van der Waals surface area contributed by atoms with E-state index in [9.17, 15) is 4.79 Å². The van der Waals surface area contributed by atoms with Crippen molar-refractivity contribution in [2.75, 3.05) is 6.54 Å². The van der Waals surface area contributed by atoms with E-state index in [1.165, 1.54) is 0 Å². The molecule has 1 amide bonds. The zero-order valence-electron chi connectivity index (χ0n) is 15.1. The van der Waals surface area contributed by atoms with Gasteiger partial charge in [-0.2, -0.15) is 0 Å². The monoisotopic (exact) mass is 368 g/mol. The number of amides is 1. The van der Waals surface area contributed by atoms with Crippen LogP contribution in [0.5, 0.6) is 0 Å². The Labute approximate surface area is 158 Å². The fourth-order valence-corrected chi connectivity index (χ4v) is 2.86. The second-order valence-corrected chi connectivity index (χ2v) is 6.59. The molecule has 5 nitrogen and oxygen atoms in total. The van der Waals surface area contributed by atoms with E-state index in [2.05, 4.69) is 15.4 Å². The topological polar surface area (TPSA) is 59.8 Å². The van der Waals surface area contributed by atoms with Crippen molar-refractivity contribution in [3.8, 4) is 17.1 Å². The average molecular weight is 369 g/mol. The molecule has 0 fully saturated rings. The van der Waals surface area contributed by atoms with Crippen molar-refractivity contribution in [2.45, 2.75) is 27.2 Å². The molecule has 6 heteroatoms. The van der Waals surface area contributed by atoms with Crippen LogP contribution in [0.4, 0.5) is 0 Å². The molecule has 0 aliphatic rings. The number of nitrogens with zero attached hydrogens (tertiary/aromatic N) is 3. The van der Waals surface area contributed by atoms with E-state index in [0.717, 1.165) is 28.8 Å². The van der Waals surface area contributed by atoms with Crippen LogP contribution < -0.4 is 5.32 Å². The van der Waals surface area contributed by atoms with Crippen LogP contribution >= 0.6 is 11.6 Å². The molecular formula is C20H21ClN4O. The van der Waals surface area contributed by atoms with Crippen LogP contribution in [0.25, 0.3) is 17.1 Å². The summed E-state index contributed by atoms with van der Waals surface area (Å²) in [5, 5.41) is 7.95. The summed E-state index contributed by atoms with van der Waals surface area (Å²) in [5.41, 5.74) is 3.69. The van der Waals surface area contributed by atoms with Gasteiger partial charge in [0, 0.05) is 17.1 Å². The number of hydrogen-bond acceptors (Lipinski definition) is 3. The summed E-state index contributed by atoms with van der Waals surface area (Å²) in [6.07, 6.45) is 0.852. The highest BCUT2D eigenvalue weighted by atomic mass is 35.5. The third kappa shape index (κ3) is 3.63. The first-order chi connectivity index (χ1) is 12.5. The molecule has 1 aromatic heterocycles. The molecule has 1 N–H and O–H groups in total. The standard InChI is InChI=1S/C20H21ClN4O/c1-4-11-22-20(26)18-23-19(15-8-5-7-13(2)12-15)25(24-18)17-10-6-9-16(21)14(17)3/h5-10,12H,4,11H2,1-3H3,(H,22,26). The zero-order chi connectivity index (χ0) is 18.7. The molecule has 0 saturated heterocycles. The van der Waals surface area contributed by atoms with Gasteiger partial charge in [-0.3, -0.25) is 4.79 Å². The molecule has 3 rings (SSSR count). The minimum Gasteiger partial charge on any atom is -0.349 e. The lowest BCUT2D eigenvalue weighted by atomic mass is 10.1. The molecule has 2 aromatic carbocycles. The molecule has 1 heterocycles. The molecule has 3 aromatic rings. The summed E-state index contributed by atoms with van der Waals surface area (Å²) >= 11 is 6.28. The summed E-state index contributed by atoms with van der Waals surface area (Å²) < 4.78 is 1.69. The largest absolute Gasteiger partial charge is 0.349 e. The molecule has 0 atom stereocenters. The molecule has 0 aliphatic heterocycles. The van der Waals surface area contributed by atoms with Gasteiger partial charge in [0.25, 0.3) is 5.91 Å². The van der Waals surface area contributed by atoms with Crippen molar-refractivity contribution in [2.24, 2.45) is 0 Å². The lowest BCUT2D eigenvalue weighted by molar-refractivity contribution is 0.0943. The number of nitrogens with one attached hydrogen (secondary N) is 1. The molecule has 0 aliphatic carbocycles. The molecule has 134 valence electrons. The normalized spacial score (nSPS) is 10.8. The lowest BCUT2D eigenvalue weighted by Gasteiger charge is -2.10. The Hall–Kier alpha value is -2.66. The molecular weight excluding hydrogens is 348 g/mol. The second kappa shape index (κ2) is 7.70. The van der Waals surface area contributed by atoms with Gasteiger partial charge < -0.3 is 5.32 Å². The fraction of sp³-hybridized carbons (Fsp3) is 0.250.